The first-order valence-corrected chi connectivity index (χ1v) is 12.8. The maximum atomic E-state index is 12.9. The lowest BCUT2D eigenvalue weighted by Crippen LogP contribution is -2.45. The van der Waals surface area contributed by atoms with Crippen molar-refractivity contribution in [2.24, 2.45) is 10.4 Å². The van der Waals surface area contributed by atoms with E-state index in [2.05, 4.69) is 4.99 Å². The van der Waals surface area contributed by atoms with Gasteiger partial charge >= 0.3 is 5.97 Å². The van der Waals surface area contributed by atoms with Gasteiger partial charge in [-0.25, -0.2) is 9.18 Å². The van der Waals surface area contributed by atoms with Gasteiger partial charge in [0.25, 0.3) is 0 Å². The summed E-state index contributed by atoms with van der Waals surface area (Å²) in [7, 11) is 0. The third-order valence-electron chi connectivity index (χ3n) is 5.55. The van der Waals surface area contributed by atoms with E-state index in [9.17, 15) is 19.4 Å². The Kier molecular flexibility index (Phi) is 16.1. The molecule has 1 heterocycles. The first-order valence-electron chi connectivity index (χ1n) is 12.8. The highest BCUT2D eigenvalue weighted by Crippen LogP contribution is 2.25. The SMILES string of the molecule is C/C=C(/C=N/C(=C\O)COCC1(COCc2cccc(C)c2C(=O)O)COCOC1)C/C=C\C(C)F.CC. The van der Waals surface area contributed by atoms with E-state index in [1.165, 1.54) is 13.0 Å². The number of aliphatic hydroxyl groups is 1. The summed E-state index contributed by atoms with van der Waals surface area (Å²) in [6.07, 6.45) is 7.06. The number of carboxylic acid groups (broad SMARTS) is 1. The number of carbonyl (C=O) groups is 1. The molecule has 1 aromatic rings. The fraction of sp³-hybridized carbons (Fsp3) is 0.517. The van der Waals surface area contributed by atoms with Crippen LogP contribution >= 0.6 is 0 Å². The van der Waals surface area contributed by atoms with Crippen molar-refractivity contribution in [2.45, 2.75) is 53.8 Å². The number of halogens is 1. The predicted octanol–water partition coefficient (Wildman–Crippen LogP) is 5.96. The smallest absolute Gasteiger partial charge is 0.336 e. The maximum Gasteiger partial charge on any atom is 0.336 e. The molecule has 0 aromatic heterocycles. The Bertz CT molecular complexity index is 964. The van der Waals surface area contributed by atoms with Gasteiger partial charge in [0.15, 0.2) is 0 Å². The van der Waals surface area contributed by atoms with Gasteiger partial charge in [-0.3, -0.25) is 4.99 Å². The molecule has 2 rings (SSSR count). The van der Waals surface area contributed by atoms with Crippen molar-refractivity contribution in [1.29, 1.82) is 0 Å². The minimum Gasteiger partial charge on any atom is -0.514 e. The number of allylic oxidation sites excluding steroid dienone is 4. The Morgan fingerprint density at radius 2 is 1.92 bits per heavy atom. The van der Waals surface area contributed by atoms with Crippen molar-refractivity contribution < 1.29 is 38.3 Å². The van der Waals surface area contributed by atoms with Gasteiger partial charge in [0.05, 0.1) is 50.6 Å². The van der Waals surface area contributed by atoms with Gasteiger partial charge in [0.1, 0.15) is 24.9 Å². The van der Waals surface area contributed by atoms with E-state index >= 15 is 0 Å². The molecule has 1 aliphatic rings. The Morgan fingerprint density at radius 3 is 2.53 bits per heavy atom. The van der Waals surface area contributed by atoms with Crippen LogP contribution in [0.4, 0.5) is 4.39 Å². The molecule has 1 unspecified atom stereocenters. The van der Waals surface area contributed by atoms with E-state index in [0.29, 0.717) is 36.5 Å². The van der Waals surface area contributed by atoms with E-state index in [4.69, 9.17) is 18.9 Å². The van der Waals surface area contributed by atoms with Crippen LogP contribution in [0.5, 0.6) is 0 Å². The summed E-state index contributed by atoms with van der Waals surface area (Å²) in [5, 5.41) is 19.1. The van der Waals surface area contributed by atoms with Crippen molar-refractivity contribution >= 4 is 12.2 Å². The van der Waals surface area contributed by atoms with E-state index < -0.39 is 17.6 Å². The second kappa shape index (κ2) is 18.4. The number of aryl methyl sites for hydroxylation is 1. The average molecular weight is 536 g/mol. The number of aliphatic imine (C=N–C) groups is 1. The molecule has 1 atom stereocenters. The summed E-state index contributed by atoms with van der Waals surface area (Å²) in [5.74, 6) is -0.993. The number of benzene rings is 1. The van der Waals surface area contributed by atoms with Crippen molar-refractivity contribution in [3.8, 4) is 0 Å². The lowest BCUT2D eigenvalue weighted by molar-refractivity contribution is -0.198. The number of hydrogen-bond acceptors (Lipinski definition) is 7. The summed E-state index contributed by atoms with van der Waals surface area (Å²) in [6, 6.07) is 5.28. The summed E-state index contributed by atoms with van der Waals surface area (Å²) < 4.78 is 35.6. The zero-order chi connectivity index (χ0) is 28.4. The van der Waals surface area contributed by atoms with Gasteiger partial charge in [-0.1, -0.05) is 50.3 Å². The highest BCUT2D eigenvalue weighted by atomic mass is 19.1. The fourth-order valence-corrected chi connectivity index (χ4v) is 3.64. The summed E-state index contributed by atoms with van der Waals surface area (Å²) in [5.41, 5.74) is 2.08. The number of ether oxygens (including phenoxy) is 4. The highest BCUT2D eigenvalue weighted by molar-refractivity contribution is 5.91. The van der Waals surface area contributed by atoms with Crippen LogP contribution in [0.3, 0.4) is 0 Å². The van der Waals surface area contributed by atoms with Gasteiger partial charge in [0.2, 0.25) is 0 Å². The molecular formula is C29H42FNO7. The van der Waals surface area contributed by atoms with Crippen LogP contribution in [0.1, 0.15) is 55.6 Å². The van der Waals surface area contributed by atoms with Gasteiger partial charge < -0.3 is 29.2 Å². The fourth-order valence-electron chi connectivity index (χ4n) is 3.64. The number of aliphatic hydroxyl groups excluding tert-OH is 1. The zero-order valence-electron chi connectivity index (χ0n) is 23.1. The molecule has 38 heavy (non-hydrogen) atoms. The van der Waals surface area contributed by atoms with Gasteiger partial charge in [0, 0.05) is 6.21 Å². The standard InChI is InChI=1S/C27H36FNO7.C2H6/c1-4-22(9-6-8-21(3)28)11-29-24(12-30)14-34-16-27(17-35-19-36-18-27)15-33-13-23-10-5-7-20(2)25(23)26(31)32;1-2/h4-8,10-12,21,30H,9,13-19H2,1-3H3,(H,31,32);1-2H3/b8-6-,22-4+,24-12-,29-11+;. The predicted molar refractivity (Wildman–Crippen MR) is 146 cm³/mol. The molecule has 1 fully saturated rings. The Hall–Kier alpha value is -2.85. The van der Waals surface area contributed by atoms with Crippen LogP contribution in [-0.4, -0.2) is 68.4 Å². The van der Waals surface area contributed by atoms with Crippen LogP contribution in [0.2, 0.25) is 0 Å². The normalized spacial score (nSPS) is 16.9. The quantitative estimate of drug-likeness (QED) is 0.172. The topological polar surface area (TPSA) is 107 Å². The van der Waals surface area contributed by atoms with Crippen molar-refractivity contribution in [1.82, 2.24) is 0 Å². The Morgan fingerprint density at radius 1 is 1.24 bits per heavy atom. The second-order valence-corrected chi connectivity index (χ2v) is 8.77. The number of hydrogen-bond donors (Lipinski definition) is 2. The lowest BCUT2D eigenvalue weighted by atomic mass is 9.91. The molecule has 9 heteroatoms. The molecule has 8 nitrogen and oxygen atoms in total. The van der Waals surface area contributed by atoms with Crippen LogP contribution in [0.25, 0.3) is 0 Å². The van der Waals surface area contributed by atoms with Crippen LogP contribution in [0, 0.1) is 12.3 Å². The van der Waals surface area contributed by atoms with Crippen molar-refractivity contribution in [3.05, 3.63) is 70.6 Å². The van der Waals surface area contributed by atoms with E-state index in [0.717, 1.165) is 11.8 Å². The third-order valence-corrected chi connectivity index (χ3v) is 5.55. The van der Waals surface area contributed by atoms with Crippen LogP contribution < -0.4 is 0 Å². The molecule has 1 saturated heterocycles. The minimum atomic E-state index is -1.01. The monoisotopic (exact) mass is 535 g/mol. The largest absolute Gasteiger partial charge is 0.514 e. The average Bonchev–Trinajstić information content (AvgIpc) is 2.90. The number of nitrogens with zero attached hydrogens (tertiary/aromatic N) is 1. The number of carboxylic acids is 1. The zero-order valence-corrected chi connectivity index (χ0v) is 23.1. The van der Waals surface area contributed by atoms with Crippen LogP contribution in [0.15, 0.2) is 59.0 Å². The first kappa shape index (κ1) is 33.2. The minimum absolute atomic E-state index is 0.0458. The number of rotatable bonds is 14. The molecule has 212 valence electrons. The molecule has 0 radical (unpaired) electrons. The molecule has 1 aromatic carbocycles. The summed E-state index contributed by atoms with van der Waals surface area (Å²) >= 11 is 0. The molecule has 0 aliphatic carbocycles. The van der Waals surface area contributed by atoms with Gasteiger partial charge in [-0.15, -0.1) is 0 Å². The van der Waals surface area contributed by atoms with Gasteiger partial charge in [-0.2, -0.15) is 0 Å². The van der Waals surface area contributed by atoms with E-state index in [1.807, 2.05) is 26.8 Å². The van der Waals surface area contributed by atoms with Gasteiger partial charge in [-0.05, 0) is 43.9 Å². The first-order chi connectivity index (χ1) is 18.3. The maximum absolute atomic E-state index is 12.9. The molecule has 1 aliphatic heterocycles. The third kappa shape index (κ3) is 11.7. The Balaban J connectivity index is 0.00000352. The molecule has 0 bridgehead atoms. The number of alkyl halides is 1. The van der Waals surface area contributed by atoms with E-state index in [-0.39, 0.29) is 38.8 Å². The van der Waals surface area contributed by atoms with Crippen molar-refractivity contribution in [3.63, 3.8) is 0 Å². The summed E-state index contributed by atoms with van der Waals surface area (Å²) in [6.45, 7) is 10.5. The molecule has 0 saturated carbocycles. The molecular weight excluding hydrogens is 493 g/mol. The lowest BCUT2D eigenvalue weighted by Gasteiger charge is -2.36. The highest BCUT2D eigenvalue weighted by Gasteiger charge is 2.35. The van der Waals surface area contributed by atoms with Crippen LogP contribution in [-0.2, 0) is 25.6 Å². The second-order valence-electron chi connectivity index (χ2n) is 8.77. The molecule has 0 amide bonds. The number of aromatic carboxylic acids is 1. The summed E-state index contributed by atoms with van der Waals surface area (Å²) in [4.78, 5) is 15.9. The molecule has 2 N–H and O–H groups in total. The van der Waals surface area contributed by atoms with Crippen molar-refractivity contribution in [2.75, 3.05) is 39.8 Å². The Labute approximate surface area is 225 Å². The van der Waals surface area contributed by atoms with E-state index in [1.54, 1.807) is 37.4 Å². The molecule has 0 spiro atoms.